The molecule has 2 rings (SSSR count). The second-order valence-electron chi connectivity index (χ2n) is 6.39. The Bertz CT molecular complexity index is 911. The highest BCUT2D eigenvalue weighted by Crippen LogP contribution is 2.41. The van der Waals surface area contributed by atoms with Crippen molar-refractivity contribution in [2.24, 2.45) is 11.8 Å². The van der Waals surface area contributed by atoms with Crippen LogP contribution in [0.5, 0.6) is 0 Å². The molecule has 2 N–H and O–H groups in total. The molecule has 1 heterocycles. The van der Waals surface area contributed by atoms with Crippen LogP contribution in [0.1, 0.15) is 20.8 Å². The molecule has 2 aliphatic rings. The lowest BCUT2D eigenvalue weighted by Gasteiger charge is -2.31. The molecule has 0 spiro atoms. The van der Waals surface area contributed by atoms with Gasteiger partial charge in [0.25, 0.3) is 5.91 Å². The summed E-state index contributed by atoms with van der Waals surface area (Å²) >= 11 is 0. The average molecular weight is 381 g/mol. The number of hydrogen-bond donors (Lipinski definition) is 2. The monoisotopic (exact) mass is 381 g/mol. The van der Waals surface area contributed by atoms with E-state index in [2.05, 4.69) is 23.3 Å². The van der Waals surface area contributed by atoms with Crippen LogP contribution in [0, 0.1) is 23.2 Å². The van der Waals surface area contributed by atoms with Crippen LogP contribution in [0.2, 0.25) is 0 Å². The predicted octanol–water partition coefficient (Wildman–Crippen LogP) is 4.05. The number of nitriles is 1. The van der Waals surface area contributed by atoms with Crippen molar-refractivity contribution in [1.29, 1.82) is 5.26 Å². The number of carbonyl (C=O) groups is 1. The molecule has 1 aliphatic carbocycles. The maximum Gasteiger partial charge on any atom is 0.254 e. The third-order valence-corrected chi connectivity index (χ3v) is 4.68. The largest absolute Gasteiger partial charge is 0.495 e. The highest BCUT2D eigenvalue weighted by Gasteiger charge is 2.39. The Morgan fingerprint density at radius 2 is 2.14 bits per heavy atom. The molecule has 28 heavy (non-hydrogen) atoms. The van der Waals surface area contributed by atoms with E-state index in [1.807, 2.05) is 6.92 Å². The van der Waals surface area contributed by atoms with Gasteiger partial charge < -0.3 is 15.4 Å². The standard InChI is InChI=1S/C22H24FN3O2/c1-6-9-19(28-5)18(7-2)26-22(27)20-14(4)25-13(3)16(12-24)21(20)15-10-8-11-17(15)23/h6-11,15,21,25H,2H2,1,3-5H3,(H,26,27)/b9-6-,19-18-. The first-order valence-electron chi connectivity index (χ1n) is 8.86. The minimum Gasteiger partial charge on any atom is -0.495 e. The second-order valence-corrected chi connectivity index (χ2v) is 6.39. The van der Waals surface area contributed by atoms with Crippen LogP contribution in [0.15, 0.2) is 82.9 Å². The van der Waals surface area contributed by atoms with Gasteiger partial charge in [0, 0.05) is 28.8 Å². The molecular formula is C22H24FN3O2. The number of methoxy groups -OCH3 is 1. The number of halogens is 1. The van der Waals surface area contributed by atoms with Gasteiger partial charge in [0.1, 0.15) is 11.6 Å². The fraction of sp³-hybridized carbons (Fsp3) is 0.273. The fourth-order valence-corrected chi connectivity index (χ4v) is 3.41. The SMILES string of the molecule is C=C/C(NC(=O)C1=C(C)NC(C)=C(C#N)C1C1C=CC=C1F)=C(\C=C/C)OC. The highest BCUT2D eigenvalue weighted by atomic mass is 19.1. The predicted molar refractivity (Wildman–Crippen MR) is 107 cm³/mol. The van der Waals surface area contributed by atoms with Gasteiger partial charge in [-0.25, -0.2) is 4.39 Å². The van der Waals surface area contributed by atoms with Gasteiger partial charge in [-0.15, -0.1) is 0 Å². The van der Waals surface area contributed by atoms with Crippen LogP contribution in [0.25, 0.3) is 0 Å². The van der Waals surface area contributed by atoms with Crippen LogP contribution >= 0.6 is 0 Å². The molecule has 0 aromatic rings. The number of rotatable bonds is 6. The van der Waals surface area contributed by atoms with E-state index in [1.165, 1.54) is 19.3 Å². The van der Waals surface area contributed by atoms with E-state index in [0.29, 0.717) is 34.0 Å². The quantitative estimate of drug-likeness (QED) is 0.538. The van der Waals surface area contributed by atoms with Crippen molar-refractivity contribution in [2.75, 3.05) is 7.11 Å². The van der Waals surface area contributed by atoms with Crippen LogP contribution in [-0.4, -0.2) is 13.0 Å². The minimum absolute atomic E-state index is 0.303. The third-order valence-electron chi connectivity index (χ3n) is 4.68. The van der Waals surface area contributed by atoms with E-state index >= 15 is 0 Å². The lowest BCUT2D eigenvalue weighted by Crippen LogP contribution is -2.37. The van der Waals surface area contributed by atoms with E-state index in [9.17, 15) is 14.4 Å². The summed E-state index contributed by atoms with van der Waals surface area (Å²) in [5, 5.41) is 15.5. The van der Waals surface area contributed by atoms with E-state index in [0.717, 1.165) is 0 Å². The summed E-state index contributed by atoms with van der Waals surface area (Å²) in [4.78, 5) is 13.2. The molecule has 2 atom stereocenters. The second kappa shape index (κ2) is 9.05. The maximum atomic E-state index is 14.4. The molecule has 146 valence electrons. The summed E-state index contributed by atoms with van der Waals surface area (Å²) in [6, 6.07) is 2.14. The molecule has 0 bridgehead atoms. The molecular weight excluding hydrogens is 357 g/mol. The number of allylic oxidation sites excluding steroid dienone is 10. The first-order chi connectivity index (χ1) is 13.4. The highest BCUT2D eigenvalue weighted by molar-refractivity contribution is 5.97. The summed E-state index contributed by atoms with van der Waals surface area (Å²) in [5.41, 5.74) is 2.20. The number of ether oxygens (including phenoxy) is 1. The fourth-order valence-electron chi connectivity index (χ4n) is 3.41. The molecule has 1 aliphatic heterocycles. The minimum atomic E-state index is -0.722. The number of carbonyl (C=O) groups excluding carboxylic acids is 1. The van der Waals surface area contributed by atoms with Crippen LogP contribution in [0.4, 0.5) is 4.39 Å². The lowest BCUT2D eigenvalue weighted by molar-refractivity contribution is -0.117. The Morgan fingerprint density at radius 3 is 2.64 bits per heavy atom. The number of nitrogens with zero attached hydrogens (tertiary/aromatic N) is 1. The number of hydrogen-bond acceptors (Lipinski definition) is 4. The van der Waals surface area contributed by atoms with Crippen molar-refractivity contribution < 1.29 is 13.9 Å². The van der Waals surface area contributed by atoms with Gasteiger partial charge in [-0.2, -0.15) is 5.26 Å². The molecule has 6 heteroatoms. The summed E-state index contributed by atoms with van der Waals surface area (Å²) < 4.78 is 19.7. The zero-order valence-electron chi connectivity index (χ0n) is 16.5. The number of amides is 1. The Balaban J connectivity index is 2.51. The molecule has 0 aromatic heterocycles. The van der Waals surface area contributed by atoms with Gasteiger partial charge in [0.15, 0.2) is 0 Å². The molecule has 0 saturated heterocycles. The van der Waals surface area contributed by atoms with Crippen molar-refractivity contribution in [3.63, 3.8) is 0 Å². The Kier molecular flexibility index (Phi) is 6.78. The van der Waals surface area contributed by atoms with E-state index in [-0.39, 0.29) is 5.83 Å². The summed E-state index contributed by atoms with van der Waals surface area (Å²) in [6.07, 6.45) is 9.56. The Labute approximate surface area is 164 Å². The van der Waals surface area contributed by atoms with Crippen molar-refractivity contribution in [3.05, 3.63) is 82.9 Å². The molecule has 5 nitrogen and oxygen atoms in total. The molecule has 2 unspecified atom stereocenters. The molecule has 0 saturated carbocycles. The van der Waals surface area contributed by atoms with Gasteiger partial charge >= 0.3 is 0 Å². The van der Waals surface area contributed by atoms with Crippen molar-refractivity contribution in [1.82, 2.24) is 10.6 Å². The van der Waals surface area contributed by atoms with Gasteiger partial charge in [-0.05, 0) is 39.0 Å². The summed E-state index contributed by atoms with van der Waals surface area (Å²) in [7, 11) is 1.49. The first-order valence-corrected chi connectivity index (χ1v) is 8.86. The van der Waals surface area contributed by atoms with Crippen molar-refractivity contribution >= 4 is 5.91 Å². The van der Waals surface area contributed by atoms with Crippen LogP contribution in [-0.2, 0) is 9.53 Å². The Morgan fingerprint density at radius 1 is 1.43 bits per heavy atom. The molecule has 0 radical (unpaired) electrons. The first kappa shape index (κ1) is 21.0. The summed E-state index contributed by atoms with van der Waals surface area (Å²) in [5.74, 6) is -1.81. The van der Waals surface area contributed by atoms with Gasteiger partial charge in [0.2, 0.25) is 0 Å². The zero-order chi connectivity index (χ0) is 20.8. The van der Waals surface area contributed by atoms with Crippen LogP contribution < -0.4 is 10.6 Å². The molecule has 0 fully saturated rings. The van der Waals surface area contributed by atoms with Gasteiger partial charge in [-0.1, -0.05) is 24.8 Å². The zero-order valence-corrected chi connectivity index (χ0v) is 16.5. The number of dihydropyridines is 1. The lowest BCUT2D eigenvalue weighted by atomic mass is 9.77. The van der Waals surface area contributed by atoms with Gasteiger partial charge in [0.05, 0.1) is 24.4 Å². The van der Waals surface area contributed by atoms with E-state index < -0.39 is 17.7 Å². The topological polar surface area (TPSA) is 74.2 Å². The van der Waals surface area contributed by atoms with Crippen molar-refractivity contribution in [2.45, 2.75) is 20.8 Å². The summed E-state index contributed by atoms with van der Waals surface area (Å²) in [6.45, 7) is 9.02. The smallest absolute Gasteiger partial charge is 0.254 e. The molecule has 0 aromatic carbocycles. The van der Waals surface area contributed by atoms with Crippen LogP contribution in [0.3, 0.4) is 0 Å². The third kappa shape index (κ3) is 3.99. The number of nitrogens with one attached hydrogen (secondary N) is 2. The Hall–Kier alpha value is -3.33. The molecule has 1 amide bonds. The van der Waals surface area contributed by atoms with E-state index in [1.54, 1.807) is 38.2 Å². The van der Waals surface area contributed by atoms with E-state index in [4.69, 9.17) is 4.74 Å². The van der Waals surface area contributed by atoms with Gasteiger partial charge in [-0.3, -0.25) is 4.79 Å². The maximum absolute atomic E-state index is 14.4. The average Bonchev–Trinajstić information content (AvgIpc) is 3.09. The van der Waals surface area contributed by atoms with Crippen molar-refractivity contribution in [3.8, 4) is 6.07 Å². The normalized spacial score (nSPS) is 22.5.